The summed E-state index contributed by atoms with van der Waals surface area (Å²) in [7, 11) is 1.56. The zero-order chi connectivity index (χ0) is 17.4. The van der Waals surface area contributed by atoms with Gasteiger partial charge in [-0.25, -0.2) is 4.79 Å². The van der Waals surface area contributed by atoms with Crippen LogP contribution in [0.25, 0.3) is 0 Å². The van der Waals surface area contributed by atoms with Crippen molar-refractivity contribution in [1.82, 2.24) is 4.90 Å². The van der Waals surface area contributed by atoms with E-state index in [4.69, 9.17) is 21.4 Å². The number of anilines is 1. The molecule has 0 aliphatic rings. The lowest BCUT2D eigenvalue weighted by Gasteiger charge is -2.23. The molecular formula is C18H21ClN2O3. The van der Waals surface area contributed by atoms with E-state index in [1.807, 2.05) is 30.3 Å². The normalized spacial score (nSPS) is 10.3. The minimum atomic E-state index is -0.264. The smallest absolute Gasteiger partial charge is 0.322 e. The molecule has 0 aliphatic heterocycles. The Balaban J connectivity index is 2.09. The molecule has 5 nitrogen and oxygen atoms in total. The molecule has 0 radical (unpaired) electrons. The van der Waals surface area contributed by atoms with Crippen molar-refractivity contribution in [3.8, 4) is 5.75 Å². The van der Waals surface area contributed by atoms with Gasteiger partial charge in [-0.15, -0.1) is 0 Å². The Morgan fingerprint density at radius 2 is 2.00 bits per heavy atom. The van der Waals surface area contributed by atoms with Crippen molar-refractivity contribution in [3.05, 3.63) is 59.1 Å². The number of benzene rings is 2. The van der Waals surface area contributed by atoms with E-state index in [0.29, 0.717) is 36.0 Å². The Hall–Kier alpha value is -2.24. The van der Waals surface area contributed by atoms with Crippen LogP contribution in [0.15, 0.2) is 48.5 Å². The van der Waals surface area contributed by atoms with Gasteiger partial charge < -0.3 is 20.1 Å². The third-order valence-corrected chi connectivity index (χ3v) is 3.82. The van der Waals surface area contributed by atoms with Crippen LogP contribution in [-0.4, -0.2) is 36.3 Å². The summed E-state index contributed by atoms with van der Waals surface area (Å²) < 4.78 is 5.10. The number of carbonyl (C=O) groups excluding carboxylic acids is 1. The van der Waals surface area contributed by atoms with E-state index < -0.39 is 0 Å². The second-order valence-corrected chi connectivity index (χ2v) is 5.67. The number of methoxy groups -OCH3 is 1. The molecule has 2 rings (SSSR count). The summed E-state index contributed by atoms with van der Waals surface area (Å²) in [5.41, 5.74) is 1.54. The zero-order valence-corrected chi connectivity index (χ0v) is 14.3. The first-order valence-corrected chi connectivity index (χ1v) is 8.06. The molecule has 0 aliphatic carbocycles. The lowest BCUT2D eigenvalue weighted by atomic mass is 10.2. The van der Waals surface area contributed by atoms with Crippen molar-refractivity contribution in [3.63, 3.8) is 0 Å². The molecule has 0 bridgehead atoms. The van der Waals surface area contributed by atoms with Gasteiger partial charge in [0.2, 0.25) is 0 Å². The Kier molecular flexibility index (Phi) is 6.90. The first kappa shape index (κ1) is 18.1. The van der Waals surface area contributed by atoms with Gasteiger partial charge in [0.25, 0.3) is 0 Å². The van der Waals surface area contributed by atoms with Crippen LogP contribution in [0.3, 0.4) is 0 Å². The number of ether oxygens (including phenoxy) is 1. The number of rotatable bonds is 7. The summed E-state index contributed by atoms with van der Waals surface area (Å²) in [6, 6.07) is 14.5. The van der Waals surface area contributed by atoms with Crippen molar-refractivity contribution in [1.29, 1.82) is 0 Å². The van der Waals surface area contributed by atoms with Crippen LogP contribution in [0.2, 0.25) is 5.02 Å². The van der Waals surface area contributed by atoms with Crippen molar-refractivity contribution in [2.75, 3.05) is 25.6 Å². The van der Waals surface area contributed by atoms with Gasteiger partial charge in [-0.2, -0.15) is 0 Å². The fourth-order valence-corrected chi connectivity index (χ4v) is 2.45. The summed E-state index contributed by atoms with van der Waals surface area (Å²) in [6.45, 7) is 0.938. The standard InChI is InChI=1S/C18H21ClN2O3/c1-24-15-8-9-17(16(19)12-15)20-18(23)21(10-5-11-22)13-14-6-3-2-4-7-14/h2-4,6-9,12,22H,5,10-11,13H2,1H3,(H,20,23). The monoisotopic (exact) mass is 348 g/mol. The third-order valence-electron chi connectivity index (χ3n) is 3.51. The Morgan fingerprint density at radius 1 is 1.25 bits per heavy atom. The third kappa shape index (κ3) is 5.15. The zero-order valence-electron chi connectivity index (χ0n) is 13.5. The van der Waals surface area contributed by atoms with Crippen molar-refractivity contribution in [2.24, 2.45) is 0 Å². The largest absolute Gasteiger partial charge is 0.497 e. The van der Waals surface area contributed by atoms with Gasteiger partial charge in [0, 0.05) is 25.8 Å². The van der Waals surface area contributed by atoms with Gasteiger partial charge in [0.15, 0.2) is 0 Å². The Morgan fingerprint density at radius 3 is 2.62 bits per heavy atom. The first-order chi connectivity index (χ1) is 11.6. The summed E-state index contributed by atoms with van der Waals surface area (Å²) in [5, 5.41) is 12.3. The molecule has 0 spiro atoms. The minimum absolute atomic E-state index is 0.0296. The molecule has 128 valence electrons. The molecule has 2 aromatic rings. The first-order valence-electron chi connectivity index (χ1n) is 7.68. The number of aliphatic hydroxyl groups is 1. The highest BCUT2D eigenvalue weighted by Crippen LogP contribution is 2.27. The van der Waals surface area contributed by atoms with E-state index >= 15 is 0 Å². The van der Waals surface area contributed by atoms with E-state index in [1.165, 1.54) is 0 Å². The van der Waals surface area contributed by atoms with E-state index in [0.717, 1.165) is 5.56 Å². The average Bonchev–Trinajstić information content (AvgIpc) is 2.61. The highest BCUT2D eigenvalue weighted by Gasteiger charge is 2.15. The van der Waals surface area contributed by atoms with Crippen molar-refractivity contribution in [2.45, 2.75) is 13.0 Å². The Labute approximate surface area is 146 Å². The van der Waals surface area contributed by atoms with Crippen LogP contribution in [-0.2, 0) is 6.54 Å². The number of aliphatic hydroxyl groups excluding tert-OH is 1. The minimum Gasteiger partial charge on any atom is -0.497 e. The number of carbonyl (C=O) groups is 1. The van der Waals surface area contributed by atoms with Crippen LogP contribution >= 0.6 is 11.6 Å². The van der Waals surface area contributed by atoms with Gasteiger partial charge in [-0.05, 0) is 24.1 Å². The lowest BCUT2D eigenvalue weighted by molar-refractivity contribution is 0.199. The number of amides is 2. The molecule has 6 heteroatoms. The number of nitrogens with one attached hydrogen (secondary N) is 1. The van der Waals surface area contributed by atoms with Crippen molar-refractivity contribution < 1.29 is 14.6 Å². The molecule has 0 unspecified atom stereocenters. The van der Waals surface area contributed by atoms with Gasteiger partial charge in [0.05, 0.1) is 17.8 Å². The molecule has 2 aromatic carbocycles. The van der Waals surface area contributed by atoms with Crippen LogP contribution in [0.5, 0.6) is 5.75 Å². The maximum absolute atomic E-state index is 12.6. The molecule has 0 heterocycles. The topological polar surface area (TPSA) is 61.8 Å². The highest BCUT2D eigenvalue weighted by atomic mass is 35.5. The van der Waals surface area contributed by atoms with Gasteiger partial charge in [-0.3, -0.25) is 0 Å². The Bertz CT molecular complexity index is 665. The molecule has 0 saturated carbocycles. The van der Waals surface area contributed by atoms with E-state index in [9.17, 15) is 4.79 Å². The number of hydrogen-bond donors (Lipinski definition) is 2. The number of hydrogen-bond acceptors (Lipinski definition) is 3. The predicted molar refractivity (Wildman–Crippen MR) is 95.6 cm³/mol. The quantitative estimate of drug-likeness (QED) is 0.800. The summed E-state index contributed by atoms with van der Waals surface area (Å²) in [5.74, 6) is 0.624. The number of halogens is 1. The summed E-state index contributed by atoms with van der Waals surface area (Å²) in [4.78, 5) is 14.2. The SMILES string of the molecule is COc1ccc(NC(=O)N(CCCO)Cc2ccccc2)c(Cl)c1. The lowest BCUT2D eigenvalue weighted by Crippen LogP contribution is -2.35. The molecule has 0 fully saturated rings. The molecule has 2 amide bonds. The van der Waals surface area contributed by atoms with E-state index in [1.54, 1.807) is 30.2 Å². The van der Waals surface area contributed by atoms with Gasteiger partial charge >= 0.3 is 6.03 Å². The van der Waals surface area contributed by atoms with E-state index in [2.05, 4.69) is 5.32 Å². The molecule has 0 aromatic heterocycles. The fraction of sp³-hybridized carbons (Fsp3) is 0.278. The van der Waals surface area contributed by atoms with Gasteiger partial charge in [0.1, 0.15) is 5.75 Å². The fourth-order valence-electron chi connectivity index (χ4n) is 2.24. The second kappa shape index (κ2) is 9.15. The average molecular weight is 349 g/mol. The predicted octanol–water partition coefficient (Wildman–Crippen LogP) is 3.77. The highest BCUT2D eigenvalue weighted by molar-refractivity contribution is 6.33. The van der Waals surface area contributed by atoms with Crippen LogP contribution in [0.1, 0.15) is 12.0 Å². The van der Waals surface area contributed by atoms with Crippen LogP contribution in [0.4, 0.5) is 10.5 Å². The summed E-state index contributed by atoms with van der Waals surface area (Å²) in [6.07, 6.45) is 0.511. The van der Waals surface area contributed by atoms with E-state index in [-0.39, 0.29) is 12.6 Å². The van der Waals surface area contributed by atoms with Crippen LogP contribution < -0.4 is 10.1 Å². The molecular weight excluding hydrogens is 328 g/mol. The maximum atomic E-state index is 12.6. The molecule has 0 atom stereocenters. The van der Waals surface area contributed by atoms with Crippen molar-refractivity contribution >= 4 is 23.3 Å². The maximum Gasteiger partial charge on any atom is 0.322 e. The molecule has 0 saturated heterocycles. The second-order valence-electron chi connectivity index (χ2n) is 5.26. The number of nitrogens with zero attached hydrogens (tertiary/aromatic N) is 1. The molecule has 2 N–H and O–H groups in total. The molecule has 24 heavy (non-hydrogen) atoms. The van der Waals surface area contributed by atoms with Crippen LogP contribution in [0, 0.1) is 0 Å². The number of urea groups is 1. The van der Waals surface area contributed by atoms with Gasteiger partial charge in [-0.1, -0.05) is 41.9 Å². The summed E-state index contributed by atoms with van der Waals surface area (Å²) >= 11 is 6.17.